The summed E-state index contributed by atoms with van der Waals surface area (Å²) in [7, 11) is -3.39. The summed E-state index contributed by atoms with van der Waals surface area (Å²) in [5.74, 6) is 0. The fourth-order valence-corrected chi connectivity index (χ4v) is 2.24. The smallest absolute Gasteiger partial charge is 0.264 e. The van der Waals surface area contributed by atoms with Gasteiger partial charge in [-0.1, -0.05) is 0 Å². The molecule has 138 valence electrons. The van der Waals surface area contributed by atoms with E-state index in [1.807, 2.05) is 0 Å². The third kappa shape index (κ3) is 13.8. The van der Waals surface area contributed by atoms with Gasteiger partial charge in [0.2, 0.25) is 0 Å². The summed E-state index contributed by atoms with van der Waals surface area (Å²) in [6, 6.07) is 0. The van der Waals surface area contributed by atoms with E-state index < -0.39 is 10.1 Å². The molecule has 23 heavy (non-hydrogen) atoms. The molecule has 1 aliphatic heterocycles. The quantitative estimate of drug-likeness (QED) is 0.329. The molecule has 1 aliphatic rings. The predicted octanol–water partition coefficient (Wildman–Crippen LogP) is 0.556. The van der Waals surface area contributed by atoms with Crippen molar-refractivity contribution in [3.63, 3.8) is 0 Å². The molecule has 1 heterocycles. The molecule has 0 radical (unpaired) electrons. The van der Waals surface area contributed by atoms with Crippen LogP contribution in [0.3, 0.4) is 0 Å². The van der Waals surface area contributed by atoms with Crippen LogP contribution in [0.25, 0.3) is 0 Å². The number of hydrogen-bond donors (Lipinski definition) is 0. The summed E-state index contributed by atoms with van der Waals surface area (Å²) in [5.41, 5.74) is 0. The lowest BCUT2D eigenvalue weighted by molar-refractivity contribution is -0.169. The second-order valence-corrected chi connectivity index (χ2v) is 6.67. The van der Waals surface area contributed by atoms with Crippen LogP contribution < -0.4 is 0 Å². The van der Waals surface area contributed by atoms with Crippen LogP contribution in [0.4, 0.5) is 0 Å². The average Bonchev–Trinajstić information content (AvgIpc) is 2.52. The van der Waals surface area contributed by atoms with Crippen molar-refractivity contribution in [3.8, 4) is 0 Å². The third-order valence-electron chi connectivity index (χ3n) is 2.94. The van der Waals surface area contributed by atoms with Gasteiger partial charge >= 0.3 is 0 Å². The molecule has 0 aliphatic carbocycles. The SMILES string of the molecule is CS(=O)(=O)OCCOCCOCCOCCO[C@@H]1CCCCO1. The van der Waals surface area contributed by atoms with Gasteiger partial charge in [-0.2, -0.15) is 8.42 Å². The molecule has 0 spiro atoms. The molecule has 0 unspecified atom stereocenters. The van der Waals surface area contributed by atoms with Crippen LogP contribution in [-0.4, -0.2) is 80.4 Å². The van der Waals surface area contributed by atoms with Crippen LogP contribution in [0.2, 0.25) is 0 Å². The first-order valence-electron chi connectivity index (χ1n) is 7.89. The Bertz CT molecular complexity index is 367. The molecule has 0 aromatic heterocycles. The fourth-order valence-electron chi connectivity index (χ4n) is 1.87. The van der Waals surface area contributed by atoms with E-state index >= 15 is 0 Å². The van der Waals surface area contributed by atoms with Crippen molar-refractivity contribution in [1.29, 1.82) is 0 Å². The minimum Gasteiger partial charge on any atom is -0.377 e. The lowest BCUT2D eigenvalue weighted by Gasteiger charge is -2.22. The van der Waals surface area contributed by atoms with Crippen LogP contribution in [0.15, 0.2) is 0 Å². The summed E-state index contributed by atoms with van der Waals surface area (Å²) >= 11 is 0. The van der Waals surface area contributed by atoms with Gasteiger partial charge in [-0.25, -0.2) is 0 Å². The predicted molar refractivity (Wildman–Crippen MR) is 82.8 cm³/mol. The van der Waals surface area contributed by atoms with Crippen molar-refractivity contribution >= 4 is 10.1 Å². The molecule has 0 aromatic carbocycles. The van der Waals surface area contributed by atoms with Gasteiger partial charge < -0.3 is 23.7 Å². The lowest BCUT2D eigenvalue weighted by atomic mass is 10.2. The summed E-state index contributed by atoms with van der Waals surface area (Å²) in [6.45, 7) is 3.83. The van der Waals surface area contributed by atoms with E-state index in [1.54, 1.807) is 0 Å². The zero-order valence-electron chi connectivity index (χ0n) is 13.7. The lowest BCUT2D eigenvalue weighted by Crippen LogP contribution is -2.24. The van der Waals surface area contributed by atoms with Crippen molar-refractivity contribution in [2.45, 2.75) is 25.6 Å². The molecule has 1 saturated heterocycles. The van der Waals surface area contributed by atoms with Crippen molar-refractivity contribution in [1.82, 2.24) is 0 Å². The molecular weight excluding hydrogens is 328 g/mol. The molecular formula is C14H28O8S. The van der Waals surface area contributed by atoms with Gasteiger partial charge in [-0.3, -0.25) is 4.18 Å². The van der Waals surface area contributed by atoms with Crippen LogP contribution in [0.1, 0.15) is 19.3 Å². The van der Waals surface area contributed by atoms with E-state index in [-0.39, 0.29) is 19.5 Å². The Morgan fingerprint density at radius 2 is 1.43 bits per heavy atom. The molecule has 0 aromatic rings. The highest BCUT2D eigenvalue weighted by molar-refractivity contribution is 7.85. The fraction of sp³-hybridized carbons (Fsp3) is 1.00. The number of hydrogen-bond acceptors (Lipinski definition) is 8. The third-order valence-corrected chi connectivity index (χ3v) is 3.53. The highest BCUT2D eigenvalue weighted by atomic mass is 32.2. The first-order valence-corrected chi connectivity index (χ1v) is 9.70. The largest absolute Gasteiger partial charge is 0.377 e. The molecule has 0 bridgehead atoms. The van der Waals surface area contributed by atoms with Crippen LogP contribution >= 0.6 is 0 Å². The second kappa shape index (κ2) is 13.1. The average molecular weight is 356 g/mol. The van der Waals surface area contributed by atoms with E-state index in [4.69, 9.17) is 23.7 Å². The van der Waals surface area contributed by atoms with Crippen LogP contribution in [0.5, 0.6) is 0 Å². The standard InChI is InChI=1S/C14H28O8S/c1-23(15,16)22-13-11-19-9-7-17-6-8-18-10-12-21-14-4-2-3-5-20-14/h14H,2-13H2,1H3/t14-/m1/s1. The van der Waals surface area contributed by atoms with Crippen molar-refractivity contribution in [2.75, 3.05) is 65.7 Å². The van der Waals surface area contributed by atoms with Crippen molar-refractivity contribution in [3.05, 3.63) is 0 Å². The van der Waals surface area contributed by atoms with Gasteiger partial charge in [-0.15, -0.1) is 0 Å². The molecule has 1 atom stereocenters. The topological polar surface area (TPSA) is 89.5 Å². The minimum atomic E-state index is -3.39. The first kappa shape index (κ1) is 20.8. The molecule has 0 amide bonds. The Kier molecular flexibility index (Phi) is 11.8. The molecule has 8 nitrogen and oxygen atoms in total. The summed E-state index contributed by atoms with van der Waals surface area (Å²) in [6.07, 6.45) is 4.15. The van der Waals surface area contributed by atoms with Crippen LogP contribution in [-0.2, 0) is 38.0 Å². The zero-order valence-corrected chi connectivity index (χ0v) is 14.6. The Morgan fingerprint density at radius 3 is 1.96 bits per heavy atom. The van der Waals surface area contributed by atoms with E-state index in [0.29, 0.717) is 39.6 Å². The molecule has 1 rings (SSSR count). The first-order chi connectivity index (χ1) is 11.1. The minimum absolute atomic E-state index is 0.0205. The maximum Gasteiger partial charge on any atom is 0.264 e. The highest BCUT2D eigenvalue weighted by Gasteiger charge is 2.13. The van der Waals surface area contributed by atoms with E-state index in [1.165, 1.54) is 0 Å². The molecule has 1 fully saturated rings. The summed E-state index contributed by atoms with van der Waals surface area (Å²) in [5, 5.41) is 0. The van der Waals surface area contributed by atoms with Crippen molar-refractivity contribution in [2.24, 2.45) is 0 Å². The van der Waals surface area contributed by atoms with E-state index in [2.05, 4.69) is 4.18 Å². The van der Waals surface area contributed by atoms with E-state index in [0.717, 1.165) is 32.1 Å². The van der Waals surface area contributed by atoms with Gasteiger partial charge in [0.25, 0.3) is 10.1 Å². The van der Waals surface area contributed by atoms with E-state index in [9.17, 15) is 8.42 Å². The van der Waals surface area contributed by atoms with Crippen molar-refractivity contribution < 1.29 is 36.3 Å². The highest BCUT2D eigenvalue weighted by Crippen LogP contribution is 2.13. The van der Waals surface area contributed by atoms with Crippen LogP contribution in [0, 0.1) is 0 Å². The summed E-state index contributed by atoms with van der Waals surface area (Å²) in [4.78, 5) is 0. The Hall–Kier alpha value is -0.290. The zero-order chi connectivity index (χ0) is 16.8. The van der Waals surface area contributed by atoms with Gasteiger partial charge in [0.05, 0.1) is 59.1 Å². The van der Waals surface area contributed by atoms with Gasteiger partial charge in [0.1, 0.15) is 0 Å². The maximum atomic E-state index is 10.7. The molecule has 0 saturated carbocycles. The normalized spacial score (nSPS) is 19.1. The van der Waals surface area contributed by atoms with Gasteiger partial charge in [-0.05, 0) is 19.3 Å². The van der Waals surface area contributed by atoms with Gasteiger partial charge in [0.15, 0.2) is 6.29 Å². The Balaban J connectivity index is 1.73. The van der Waals surface area contributed by atoms with Gasteiger partial charge in [0, 0.05) is 6.61 Å². The maximum absolute atomic E-state index is 10.7. The number of ether oxygens (including phenoxy) is 5. The second-order valence-electron chi connectivity index (χ2n) is 5.03. The number of rotatable bonds is 14. The monoisotopic (exact) mass is 356 g/mol. The Labute approximate surface area is 138 Å². The molecule has 0 N–H and O–H groups in total. The summed E-state index contributed by atoms with van der Waals surface area (Å²) < 4.78 is 52.7. The molecule has 9 heteroatoms. The Morgan fingerprint density at radius 1 is 0.870 bits per heavy atom.